The van der Waals surface area contributed by atoms with Gasteiger partial charge in [-0.25, -0.2) is 15.0 Å². The number of benzene rings is 1. The lowest BCUT2D eigenvalue weighted by atomic mass is 10.2. The molecule has 0 saturated carbocycles. The average Bonchev–Trinajstić information content (AvgIpc) is 3.07. The zero-order valence-corrected chi connectivity index (χ0v) is 19.4. The Labute approximate surface area is 198 Å². The quantitative estimate of drug-likeness (QED) is 0.285. The van der Waals surface area contributed by atoms with E-state index in [2.05, 4.69) is 30.9 Å². The zero-order valence-electron chi connectivity index (χ0n) is 17.1. The van der Waals surface area contributed by atoms with Crippen molar-refractivity contribution in [1.29, 1.82) is 0 Å². The molecule has 3 aromatic heterocycles. The summed E-state index contributed by atoms with van der Waals surface area (Å²) in [4.78, 5) is 25.5. The molecular formula is C22H18Cl2N6OS. The molecule has 0 spiro atoms. The van der Waals surface area contributed by atoms with Crippen LogP contribution in [0.5, 0.6) is 0 Å². The Morgan fingerprint density at radius 2 is 1.56 bits per heavy atom. The molecular weight excluding hydrogens is 467 g/mol. The fraction of sp³-hybridized carbons (Fsp3) is 0.0909. The first-order valence-corrected chi connectivity index (χ1v) is 11.1. The van der Waals surface area contributed by atoms with Gasteiger partial charge in [0.2, 0.25) is 0 Å². The summed E-state index contributed by atoms with van der Waals surface area (Å²) in [7, 11) is 0. The van der Waals surface area contributed by atoms with Crippen molar-refractivity contribution in [1.82, 2.24) is 15.0 Å². The molecule has 0 aliphatic heterocycles. The van der Waals surface area contributed by atoms with Gasteiger partial charge in [0.25, 0.3) is 5.91 Å². The maximum Gasteiger partial charge on any atom is 0.258 e. The summed E-state index contributed by atoms with van der Waals surface area (Å²) in [5, 5.41) is 9.25. The number of rotatable bonds is 6. The number of aryl methyl sites for hydroxylation is 2. The third-order valence-corrected chi connectivity index (χ3v) is 5.81. The van der Waals surface area contributed by atoms with Crippen LogP contribution in [0.25, 0.3) is 0 Å². The van der Waals surface area contributed by atoms with E-state index in [4.69, 9.17) is 23.2 Å². The smallest absolute Gasteiger partial charge is 0.258 e. The Morgan fingerprint density at radius 3 is 2.22 bits per heavy atom. The maximum atomic E-state index is 12.4. The number of nitrogens with one attached hydrogen (secondary N) is 3. The third kappa shape index (κ3) is 5.53. The van der Waals surface area contributed by atoms with Crippen LogP contribution >= 0.6 is 34.5 Å². The molecule has 0 saturated heterocycles. The molecule has 4 rings (SSSR count). The molecule has 0 fully saturated rings. The first kappa shape index (κ1) is 22.0. The van der Waals surface area contributed by atoms with Crippen LogP contribution in [-0.2, 0) is 0 Å². The lowest BCUT2D eigenvalue weighted by Gasteiger charge is -2.11. The van der Waals surface area contributed by atoms with Crippen molar-refractivity contribution in [3.8, 4) is 0 Å². The maximum absolute atomic E-state index is 12.4. The summed E-state index contributed by atoms with van der Waals surface area (Å²) >= 11 is 13.1. The standard InChI is InChI=1S/C22H18Cl2N6OS/c1-12-7-8-25-18(9-12)30-20-11-19(26-13(2)27-20)28-14-3-5-15(6-4-14)29-22(31)16-10-17(23)32-21(16)24/h3-11H,1-2H3,(H,29,31)(H2,25,26,27,28,30). The van der Waals surface area contributed by atoms with Crippen LogP contribution in [0.15, 0.2) is 54.7 Å². The molecule has 32 heavy (non-hydrogen) atoms. The molecule has 0 aliphatic carbocycles. The van der Waals surface area contributed by atoms with Crippen LogP contribution in [0.3, 0.4) is 0 Å². The Morgan fingerprint density at radius 1 is 0.875 bits per heavy atom. The van der Waals surface area contributed by atoms with Crippen LogP contribution in [0.2, 0.25) is 8.67 Å². The van der Waals surface area contributed by atoms with Crippen molar-refractivity contribution in [3.05, 3.63) is 80.4 Å². The molecule has 3 heterocycles. The van der Waals surface area contributed by atoms with Crippen molar-refractivity contribution >= 4 is 69.3 Å². The number of hydrogen-bond acceptors (Lipinski definition) is 7. The Bertz CT molecular complexity index is 1280. The van der Waals surface area contributed by atoms with Crippen molar-refractivity contribution in [2.24, 2.45) is 0 Å². The molecule has 10 heteroatoms. The summed E-state index contributed by atoms with van der Waals surface area (Å²) < 4.78 is 0.821. The van der Waals surface area contributed by atoms with Gasteiger partial charge in [-0.05, 0) is 61.9 Å². The number of carbonyl (C=O) groups excluding carboxylic acids is 1. The van der Waals surface area contributed by atoms with Crippen molar-refractivity contribution < 1.29 is 4.79 Å². The van der Waals surface area contributed by atoms with Crippen LogP contribution < -0.4 is 16.0 Å². The lowest BCUT2D eigenvalue weighted by molar-refractivity contribution is 0.102. The van der Waals surface area contributed by atoms with Crippen LogP contribution in [0.4, 0.5) is 28.8 Å². The van der Waals surface area contributed by atoms with Crippen LogP contribution in [0.1, 0.15) is 21.7 Å². The van der Waals surface area contributed by atoms with Gasteiger partial charge >= 0.3 is 0 Å². The number of aromatic nitrogens is 3. The topological polar surface area (TPSA) is 91.8 Å². The molecule has 0 atom stereocenters. The average molecular weight is 485 g/mol. The molecule has 1 aromatic carbocycles. The zero-order chi connectivity index (χ0) is 22.7. The first-order chi connectivity index (χ1) is 15.4. The second-order valence-electron chi connectivity index (χ2n) is 6.92. The highest BCUT2D eigenvalue weighted by Crippen LogP contribution is 2.31. The summed E-state index contributed by atoms with van der Waals surface area (Å²) in [6.45, 7) is 3.82. The number of thiophene rings is 1. The van der Waals surface area contributed by atoms with E-state index < -0.39 is 0 Å². The minimum absolute atomic E-state index is 0.314. The fourth-order valence-corrected chi connectivity index (χ4v) is 4.37. The van der Waals surface area contributed by atoms with Crippen LogP contribution in [-0.4, -0.2) is 20.9 Å². The number of hydrogen-bond donors (Lipinski definition) is 3. The minimum Gasteiger partial charge on any atom is -0.340 e. The monoisotopic (exact) mass is 484 g/mol. The molecule has 0 bridgehead atoms. The highest BCUT2D eigenvalue weighted by Gasteiger charge is 2.14. The highest BCUT2D eigenvalue weighted by molar-refractivity contribution is 7.20. The van der Waals surface area contributed by atoms with Gasteiger partial charge in [0.1, 0.15) is 27.6 Å². The van der Waals surface area contributed by atoms with Gasteiger partial charge < -0.3 is 16.0 Å². The predicted octanol–water partition coefficient (Wildman–Crippen LogP) is 6.60. The van der Waals surface area contributed by atoms with Gasteiger partial charge in [-0.2, -0.15) is 0 Å². The molecule has 0 unspecified atom stereocenters. The number of carbonyl (C=O) groups is 1. The van der Waals surface area contributed by atoms with E-state index in [0.717, 1.165) is 22.6 Å². The van der Waals surface area contributed by atoms with Crippen molar-refractivity contribution in [2.75, 3.05) is 16.0 Å². The summed E-state index contributed by atoms with van der Waals surface area (Å²) in [5.74, 6) is 2.27. The van der Waals surface area contributed by atoms with Gasteiger partial charge in [-0.3, -0.25) is 4.79 Å². The molecule has 7 nitrogen and oxygen atoms in total. The Balaban J connectivity index is 1.44. The van der Waals surface area contributed by atoms with Crippen molar-refractivity contribution in [2.45, 2.75) is 13.8 Å². The van der Waals surface area contributed by atoms with E-state index in [1.165, 1.54) is 0 Å². The largest absolute Gasteiger partial charge is 0.340 e. The van der Waals surface area contributed by atoms with Gasteiger partial charge in [-0.15, -0.1) is 11.3 Å². The Hall–Kier alpha value is -3.20. The SMILES string of the molecule is Cc1ccnc(Nc2cc(Nc3ccc(NC(=O)c4cc(Cl)sc4Cl)cc3)nc(C)n2)c1. The van der Waals surface area contributed by atoms with Gasteiger partial charge in [0.05, 0.1) is 9.90 Å². The van der Waals surface area contributed by atoms with E-state index in [9.17, 15) is 4.79 Å². The van der Waals surface area contributed by atoms with E-state index in [0.29, 0.717) is 43.2 Å². The molecule has 0 aliphatic rings. The lowest BCUT2D eigenvalue weighted by Crippen LogP contribution is -2.11. The highest BCUT2D eigenvalue weighted by atomic mass is 35.5. The summed E-state index contributed by atoms with van der Waals surface area (Å²) in [5.41, 5.74) is 2.88. The number of pyridine rings is 1. The molecule has 1 amide bonds. The summed E-state index contributed by atoms with van der Waals surface area (Å²) in [6.07, 6.45) is 1.74. The van der Waals surface area contributed by atoms with E-state index in [1.807, 2.05) is 38.1 Å². The fourth-order valence-electron chi connectivity index (χ4n) is 2.91. The minimum atomic E-state index is -0.314. The number of amides is 1. The Kier molecular flexibility index (Phi) is 6.55. The van der Waals surface area contributed by atoms with Crippen LogP contribution in [0, 0.1) is 13.8 Å². The van der Waals surface area contributed by atoms with E-state index >= 15 is 0 Å². The van der Waals surface area contributed by atoms with Gasteiger partial charge in [-0.1, -0.05) is 23.2 Å². The van der Waals surface area contributed by atoms with Gasteiger partial charge in [0.15, 0.2) is 0 Å². The first-order valence-electron chi connectivity index (χ1n) is 9.54. The second kappa shape index (κ2) is 9.52. The predicted molar refractivity (Wildman–Crippen MR) is 131 cm³/mol. The molecule has 4 aromatic rings. The third-order valence-electron chi connectivity index (χ3n) is 4.33. The molecule has 162 valence electrons. The van der Waals surface area contributed by atoms with Crippen molar-refractivity contribution in [3.63, 3.8) is 0 Å². The summed E-state index contributed by atoms with van der Waals surface area (Å²) in [6, 6.07) is 14.5. The molecule has 0 radical (unpaired) electrons. The number of nitrogens with zero attached hydrogens (tertiary/aromatic N) is 3. The number of anilines is 5. The van der Waals surface area contributed by atoms with E-state index in [-0.39, 0.29) is 5.91 Å². The van der Waals surface area contributed by atoms with Gasteiger partial charge in [0, 0.05) is 23.6 Å². The van der Waals surface area contributed by atoms with E-state index in [1.54, 1.807) is 30.5 Å². The second-order valence-corrected chi connectivity index (χ2v) is 9.21. The number of halogens is 2. The molecule has 3 N–H and O–H groups in total. The normalized spacial score (nSPS) is 10.6.